The molecule has 2 N–H and O–H groups in total. The Kier molecular flexibility index (Phi) is 7.36. The predicted octanol–water partition coefficient (Wildman–Crippen LogP) is 4.89. The minimum atomic E-state index is -0.442. The molecule has 1 heterocycles. The molecular weight excluding hydrogens is 444 g/mol. The third-order valence-corrected chi connectivity index (χ3v) is 6.29. The van der Waals surface area contributed by atoms with Gasteiger partial charge in [-0.25, -0.2) is 4.79 Å². The Balaban J connectivity index is 1.59. The van der Waals surface area contributed by atoms with Crippen molar-refractivity contribution >= 4 is 62.0 Å². The fourth-order valence-corrected chi connectivity index (χ4v) is 4.58. The quantitative estimate of drug-likeness (QED) is 0.381. The number of hydrogen-bond donors (Lipinski definition) is 2. The first kappa shape index (κ1) is 22.1. The number of thiophene rings is 1. The summed E-state index contributed by atoms with van der Waals surface area (Å²) in [6.45, 7) is 0.654. The monoisotopic (exact) mass is 464 g/mol. The van der Waals surface area contributed by atoms with Gasteiger partial charge in [0.25, 0.3) is 0 Å². The van der Waals surface area contributed by atoms with Crippen LogP contribution in [-0.4, -0.2) is 39.0 Å². The normalized spacial score (nSPS) is 10.5. The third-order valence-electron chi connectivity index (χ3n) is 4.41. The summed E-state index contributed by atoms with van der Waals surface area (Å²) in [5, 5.41) is 8.06. The highest BCUT2D eigenvalue weighted by atomic mass is 35.5. The van der Waals surface area contributed by atoms with Gasteiger partial charge in [-0.2, -0.15) is 0 Å². The van der Waals surface area contributed by atoms with Gasteiger partial charge in [-0.15, -0.1) is 11.3 Å². The Morgan fingerprint density at radius 1 is 1.10 bits per heavy atom. The smallest absolute Gasteiger partial charge is 0.349 e. The SMILES string of the molecule is COC(=O)c1sc2cc(NC(=S)NCCc3ccc(OC)c(OC)c3)ccc2c1Cl. The summed E-state index contributed by atoms with van der Waals surface area (Å²) in [7, 11) is 4.56. The van der Waals surface area contributed by atoms with Gasteiger partial charge in [0.2, 0.25) is 0 Å². The van der Waals surface area contributed by atoms with Crippen LogP contribution in [0.15, 0.2) is 36.4 Å². The number of esters is 1. The van der Waals surface area contributed by atoms with Crippen LogP contribution in [-0.2, 0) is 11.2 Å². The van der Waals surface area contributed by atoms with Crippen LogP contribution in [0.4, 0.5) is 5.69 Å². The zero-order chi connectivity index (χ0) is 21.7. The Morgan fingerprint density at radius 2 is 1.87 bits per heavy atom. The molecule has 0 saturated heterocycles. The van der Waals surface area contributed by atoms with Crippen molar-refractivity contribution in [1.82, 2.24) is 5.32 Å². The molecule has 158 valence electrons. The molecule has 0 unspecified atom stereocenters. The lowest BCUT2D eigenvalue weighted by Gasteiger charge is -2.12. The maximum absolute atomic E-state index is 11.8. The van der Waals surface area contributed by atoms with Crippen LogP contribution in [0.3, 0.4) is 0 Å². The number of benzene rings is 2. The van der Waals surface area contributed by atoms with E-state index in [1.165, 1.54) is 18.4 Å². The van der Waals surface area contributed by atoms with Crippen LogP contribution in [0.5, 0.6) is 11.5 Å². The molecule has 3 aromatic rings. The van der Waals surface area contributed by atoms with Crippen molar-refractivity contribution in [3.63, 3.8) is 0 Å². The van der Waals surface area contributed by atoms with Crippen molar-refractivity contribution < 1.29 is 19.0 Å². The first-order valence-electron chi connectivity index (χ1n) is 9.03. The summed E-state index contributed by atoms with van der Waals surface area (Å²) in [6, 6.07) is 11.5. The zero-order valence-corrected chi connectivity index (χ0v) is 19.1. The Hall–Kier alpha value is -2.55. The van der Waals surface area contributed by atoms with E-state index >= 15 is 0 Å². The zero-order valence-electron chi connectivity index (χ0n) is 16.7. The van der Waals surface area contributed by atoms with Gasteiger partial charge >= 0.3 is 5.97 Å². The molecule has 30 heavy (non-hydrogen) atoms. The van der Waals surface area contributed by atoms with Gasteiger partial charge in [-0.3, -0.25) is 0 Å². The predicted molar refractivity (Wildman–Crippen MR) is 126 cm³/mol. The van der Waals surface area contributed by atoms with Crippen molar-refractivity contribution in [2.75, 3.05) is 33.2 Å². The highest BCUT2D eigenvalue weighted by molar-refractivity contribution is 7.80. The average molecular weight is 465 g/mol. The van der Waals surface area contributed by atoms with E-state index in [2.05, 4.69) is 10.6 Å². The van der Waals surface area contributed by atoms with E-state index in [-0.39, 0.29) is 0 Å². The summed E-state index contributed by atoms with van der Waals surface area (Å²) in [4.78, 5) is 12.2. The molecule has 0 fully saturated rings. The van der Waals surface area contributed by atoms with E-state index < -0.39 is 5.97 Å². The standard InChI is InChI=1S/C21H21ClN2O4S2/c1-26-15-7-4-12(10-16(15)27-2)8-9-23-21(29)24-13-5-6-14-17(11-13)30-19(18(14)22)20(25)28-3/h4-7,10-11H,8-9H2,1-3H3,(H2,23,24,29). The first-order valence-corrected chi connectivity index (χ1v) is 10.6. The van der Waals surface area contributed by atoms with Crippen LogP contribution >= 0.6 is 35.2 Å². The van der Waals surface area contributed by atoms with Gasteiger partial charge in [-0.1, -0.05) is 17.7 Å². The number of nitrogens with one attached hydrogen (secondary N) is 2. The number of methoxy groups -OCH3 is 3. The molecule has 0 aliphatic rings. The molecule has 0 aliphatic heterocycles. The van der Waals surface area contributed by atoms with Crippen molar-refractivity contribution in [3.05, 3.63) is 51.9 Å². The van der Waals surface area contributed by atoms with Crippen molar-refractivity contribution in [1.29, 1.82) is 0 Å². The molecule has 0 spiro atoms. The lowest BCUT2D eigenvalue weighted by Crippen LogP contribution is -2.30. The lowest BCUT2D eigenvalue weighted by atomic mass is 10.1. The van der Waals surface area contributed by atoms with E-state index in [0.717, 1.165) is 27.8 Å². The molecular formula is C21H21ClN2O4S2. The topological polar surface area (TPSA) is 68.8 Å². The summed E-state index contributed by atoms with van der Waals surface area (Å²) < 4.78 is 16.2. The number of rotatable bonds is 7. The van der Waals surface area contributed by atoms with E-state index in [9.17, 15) is 4.79 Å². The summed E-state index contributed by atoms with van der Waals surface area (Å²) in [6.07, 6.45) is 0.768. The Morgan fingerprint density at radius 3 is 2.57 bits per heavy atom. The van der Waals surface area contributed by atoms with Crippen molar-refractivity contribution in [2.24, 2.45) is 0 Å². The van der Waals surface area contributed by atoms with E-state index in [0.29, 0.717) is 33.1 Å². The van der Waals surface area contributed by atoms with Gasteiger partial charge in [0, 0.05) is 22.3 Å². The number of fused-ring (bicyclic) bond motifs is 1. The second-order valence-electron chi connectivity index (χ2n) is 6.27. The molecule has 0 aliphatic carbocycles. The summed E-state index contributed by atoms with van der Waals surface area (Å²) in [5.74, 6) is 0.957. The number of thiocarbonyl (C=S) groups is 1. The van der Waals surface area contributed by atoms with Gasteiger partial charge in [0.15, 0.2) is 16.6 Å². The maximum Gasteiger partial charge on any atom is 0.349 e. The molecule has 2 aromatic carbocycles. The molecule has 0 atom stereocenters. The second-order valence-corrected chi connectivity index (χ2v) is 8.11. The molecule has 9 heteroatoms. The Bertz CT molecular complexity index is 1080. The number of carbonyl (C=O) groups excluding carboxylic acids is 1. The minimum Gasteiger partial charge on any atom is -0.493 e. The maximum atomic E-state index is 11.8. The summed E-state index contributed by atoms with van der Waals surface area (Å²) >= 11 is 13.0. The van der Waals surface area contributed by atoms with Crippen LogP contribution in [0.1, 0.15) is 15.2 Å². The van der Waals surface area contributed by atoms with Crippen LogP contribution < -0.4 is 20.1 Å². The molecule has 0 radical (unpaired) electrons. The molecule has 0 saturated carbocycles. The molecule has 1 aromatic heterocycles. The Labute approximate surface area is 189 Å². The first-order chi connectivity index (χ1) is 14.5. The van der Waals surface area contributed by atoms with E-state index in [1.54, 1.807) is 14.2 Å². The molecule has 0 bridgehead atoms. The second kappa shape index (κ2) is 9.97. The molecule has 6 nitrogen and oxygen atoms in total. The van der Waals surface area contributed by atoms with Gasteiger partial charge < -0.3 is 24.8 Å². The van der Waals surface area contributed by atoms with E-state index in [1.807, 2.05) is 36.4 Å². The fourth-order valence-electron chi connectivity index (χ4n) is 2.90. The average Bonchev–Trinajstić information content (AvgIpc) is 3.08. The van der Waals surface area contributed by atoms with Crippen molar-refractivity contribution in [2.45, 2.75) is 6.42 Å². The number of hydrogen-bond acceptors (Lipinski definition) is 6. The summed E-state index contributed by atoms with van der Waals surface area (Å²) in [5.41, 5.74) is 1.91. The van der Waals surface area contributed by atoms with Gasteiger partial charge in [0.05, 0.1) is 26.4 Å². The highest BCUT2D eigenvalue weighted by Gasteiger charge is 2.17. The highest BCUT2D eigenvalue weighted by Crippen LogP contribution is 2.37. The van der Waals surface area contributed by atoms with E-state index in [4.69, 9.17) is 38.0 Å². The van der Waals surface area contributed by atoms with Crippen LogP contribution in [0, 0.1) is 0 Å². The van der Waals surface area contributed by atoms with Crippen LogP contribution in [0.2, 0.25) is 5.02 Å². The minimum absolute atomic E-state index is 0.391. The number of halogens is 1. The van der Waals surface area contributed by atoms with Crippen LogP contribution in [0.25, 0.3) is 10.1 Å². The van der Waals surface area contributed by atoms with Crippen molar-refractivity contribution in [3.8, 4) is 11.5 Å². The lowest BCUT2D eigenvalue weighted by molar-refractivity contribution is 0.0606. The third kappa shape index (κ3) is 4.95. The molecule has 0 amide bonds. The molecule has 3 rings (SSSR count). The fraction of sp³-hybridized carbons (Fsp3) is 0.238. The largest absolute Gasteiger partial charge is 0.493 e. The number of carbonyl (C=O) groups is 1. The number of ether oxygens (including phenoxy) is 3. The van der Waals surface area contributed by atoms with Gasteiger partial charge in [0.1, 0.15) is 4.88 Å². The van der Waals surface area contributed by atoms with Gasteiger partial charge in [-0.05, 0) is 54.5 Å². The number of anilines is 1.